The van der Waals surface area contributed by atoms with Crippen molar-refractivity contribution in [1.29, 1.82) is 0 Å². The lowest BCUT2D eigenvalue weighted by molar-refractivity contribution is -0.637. The zero-order valence-electron chi connectivity index (χ0n) is 17.5. The molecular weight excluding hydrogens is 398 g/mol. The smallest absolute Gasteiger partial charge is 0.295 e. The summed E-state index contributed by atoms with van der Waals surface area (Å²) in [5.74, 6) is 1.68. The summed E-state index contributed by atoms with van der Waals surface area (Å²) in [6.07, 6.45) is 7.06. The number of aryl methyl sites for hydroxylation is 1. The van der Waals surface area contributed by atoms with Crippen molar-refractivity contribution in [3.63, 3.8) is 0 Å². The predicted molar refractivity (Wildman–Crippen MR) is 116 cm³/mol. The zero-order valence-corrected chi connectivity index (χ0v) is 18.2. The molecule has 0 amide bonds. The van der Waals surface area contributed by atoms with Gasteiger partial charge < -0.3 is 32.2 Å². The van der Waals surface area contributed by atoms with E-state index in [0.29, 0.717) is 6.01 Å². The van der Waals surface area contributed by atoms with Crippen LogP contribution in [0.3, 0.4) is 0 Å². The molecule has 1 fully saturated rings. The van der Waals surface area contributed by atoms with Gasteiger partial charge in [-0.25, -0.2) is 0 Å². The number of benzene rings is 2. The molecule has 6 heteroatoms. The predicted octanol–water partition coefficient (Wildman–Crippen LogP) is 1.01. The monoisotopic (exact) mass is 429 g/mol. The Labute approximate surface area is 185 Å². The van der Waals surface area contributed by atoms with Gasteiger partial charge in [-0.1, -0.05) is 37.1 Å². The lowest BCUT2D eigenvalue weighted by Crippen LogP contribution is -3.00. The second-order valence-corrected chi connectivity index (χ2v) is 8.00. The number of hydrogen-bond acceptors (Lipinski definition) is 4. The summed E-state index contributed by atoms with van der Waals surface area (Å²) in [5.41, 5.74) is 3.15. The van der Waals surface area contributed by atoms with Crippen LogP contribution >= 0.6 is 0 Å². The Bertz CT molecular complexity index is 879. The normalized spacial score (nSPS) is 15.8. The van der Waals surface area contributed by atoms with Crippen LogP contribution in [0.25, 0.3) is 11.1 Å². The molecule has 162 valence electrons. The van der Waals surface area contributed by atoms with Crippen LogP contribution in [-0.4, -0.2) is 31.2 Å². The largest absolute Gasteiger partial charge is 1.00 e. The number of nitrogens with two attached hydrogens (primary N) is 1. The van der Waals surface area contributed by atoms with Gasteiger partial charge in [-0.15, -0.1) is 0 Å². The van der Waals surface area contributed by atoms with Crippen LogP contribution in [0.5, 0.6) is 5.75 Å². The number of nitrogens with zero attached hydrogens (tertiary/aromatic N) is 1. The van der Waals surface area contributed by atoms with Crippen molar-refractivity contribution in [2.45, 2.75) is 38.5 Å². The molecule has 2 heterocycles. The first kappa shape index (κ1) is 22.4. The first-order valence-electron chi connectivity index (χ1n) is 11.0. The van der Waals surface area contributed by atoms with Gasteiger partial charge in [0, 0.05) is 18.9 Å². The summed E-state index contributed by atoms with van der Waals surface area (Å²) in [7, 11) is 0. The number of aromatic nitrogens is 1. The molecule has 3 aromatic rings. The van der Waals surface area contributed by atoms with E-state index in [4.69, 9.17) is 9.15 Å². The number of halogens is 1. The van der Waals surface area contributed by atoms with Gasteiger partial charge in [-0.2, -0.15) is 4.98 Å². The fraction of sp³-hybridized carbons (Fsp3) is 0.458. The minimum atomic E-state index is 0. The number of nitrogens with one attached hydrogen (secondary N) is 1. The van der Waals surface area contributed by atoms with E-state index in [9.17, 15) is 0 Å². The number of anilines is 1. The molecule has 30 heavy (non-hydrogen) atoms. The highest BCUT2D eigenvalue weighted by Crippen LogP contribution is 2.22. The third kappa shape index (κ3) is 6.64. The third-order valence-corrected chi connectivity index (χ3v) is 5.65. The highest BCUT2D eigenvalue weighted by molar-refractivity contribution is 5.75. The van der Waals surface area contributed by atoms with Crippen molar-refractivity contribution >= 4 is 17.1 Å². The fourth-order valence-electron chi connectivity index (χ4n) is 3.93. The van der Waals surface area contributed by atoms with Crippen molar-refractivity contribution in [3.05, 3.63) is 54.1 Å². The molecule has 1 atom stereocenters. The summed E-state index contributed by atoms with van der Waals surface area (Å²) in [4.78, 5) is 4.57. The Balaban J connectivity index is 0.00000256. The number of hydrogen-bond donors (Lipinski definition) is 2. The molecule has 2 aromatic carbocycles. The standard InChI is InChI=1S/C24H31N3O2.ClH/c1(2-7-15-28-21-9-5-3-6-10-21)4-8-19-11-12-22-23(16-19)29-24(27-22)26-18-20-13-14-25-17-20;/h3,5-6,9-12,16,20,25H,1-2,4,7-8,13-15,17-18H2,(H,26,27);1H/t20-;/m0./s1. The second-order valence-electron chi connectivity index (χ2n) is 8.00. The number of oxazole rings is 1. The number of ether oxygens (including phenoxy) is 1. The Hall–Kier alpha value is -2.24. The van der Waals surface area contributed by atoms with E-state index >= 15 is 0 Å². The molecule has 1 saturated heterocycles. The molecule has 0 bridgehead atoms. The quantitative estimate of drug-likeness (QED) is 0.446. The molecule has 0 saturated carbocycles. The van der Waals surface area contributed by atoms with Gasteiger partial charge in [0.1, 0.15) is 11.3 Å². The molecule has 3 N–H and O–H groups in total. The van der Waals surface area contributed by atoms with E-state index in [1.165, 1.54) is 44.3 Å². The topological polar surface area (TPSA) is 63.9 Å². The van der Waals surface area contributed by atoms with E-state index in [1.807, 2.05) is 30.3 Å². The summed E-state index contributed by atoms with van der Waals surface area (Å²) in [6.45, 7) is 4.19. The first-order chi connectivity index (χ1) is 14.4. The Morgan fingerprint density at radius 1 is 1.07 bits per heavy atom. The van der Waals surface area contributed by atoms with Crippen molar-refractivity contribution in [2.24, 2.45) is 5.92 Å². The second kappa shape index (κ2) is 11.8. The number of rotatable bonds is 11. The van der Waals surface area contributed by atoms with Crippen molar-refractivity contribution in [2.75, 3.05) is 31.6 Å². The average Bonchev–Trinajstić information content (AvgIpc) is 3.41. The van der Waals surface area contributed by atoms with Gasteiger partial charge in [-0.05, 0) is 49.1 Å². The van der Waals surface area contributed by atoms with E-state index in [0.717, 1.165) is 48.8 Å². The number of para-hydroxylation sites is 1. The molecule has 1 aliphatic rings. The van der Waals surface area contributed by atoms with Gasteiger partial charge >= 0.3 is 0 Å². The Morgan fingerprint density at radius 2 is 1.93 bits per heavy atom. The fourth-order valence-corrected chi connectivity index (χ4v) is 3.93. The zero-order chi connectivity index (χ0) is 19.7. The lowest BCUT2D eigenvalue weighted by atomic mass is 10.1. The summed E-state index contributed by atoms with van der Waals surface area (Å²) in [6, 6.07) is 17.1. The van der Waals surface area contributed by atoms with Crippen LogP contribution < -0.4 is 27.8 Å². The molecule has 1 aliphatic heterocycles. The highest BCUT2D eigenvalue weighted by Gasteiger charge is 2.18. The van der Waals surface area contributed by atoms with Crippen molar-refractivity contribution < 1.29 is 26.9 Å². The van der Waals surface area contributed by atoms with Gasteiger partial charge in [0.25, 0.3) is 6.01 Å². The van der Waals surface area contributed by atoms with Gasteiger partial charge in [0.15, 0.2) is 5.58 Å². The summed E-state index contributed by atoms with van der Waals surface area (Å²) >= 11 is 0. The van der Waals surface area contributed by atoms with Gasteiger partial charge in [0.05, 0.1) is 19.7 Å². The van der Waals surface area contributed by atoms with E-state index in [-0.39, 0.29) is 12.4 Å². The van der Waals surface area contributed by atoms with E-state index in [2.05, 4.69) is 33.8 Å². The molecule has 0 unspecified atom stereocenters. The van der Waals surface area contributed by atoms with E-state index in [1.54, 1.807) is 0 Å². The molecule has 0 spiro atoms. The molecule has 0 aliphatic carbocycles. The lowest BCUT2D eigenvalue weighted by Gasteiger charge is -2.06. The van der Waals surface area contributed by atoms with Gasteiger partial charge in [-0.3, -0.25) is 0 Å². The maximum absolute atomic E-state index is 5.92. The molecule has 5 nitrogen and oxygen atoms in total. The van der Waals surface area contributed by atoms with Crippen molar-refractivity contribution in [1.82, 2.24) is 4.98 Å². The maximum atomic E-state index is 5.92. The van der Waals surface area contributed by atoms with Crippen LogP contribution in [0.4, 0.5) is 6.01 Å². The minimum absolute atomic E-state index is 0. The van der Waals surface area contributed by atoms with Crippen LogP contribution in [0, 0.1) is 5.92 Å². The van der Waals surface area contributed by atoms with Crippen LogP contribution in [0.2, 0.25) is 0 Å². The van der Waals surface area contributed by atoms with Crippen LogP contribution in [-0.2, 0) is 6.42 Å². The highest BCUT2D eigenvalue weighted by atomic mass is 35.5. The van der Waals surface area contributed by atoms with E-state index < -0.39 is 0 Å². The summed E-state index contributed by atoms with van der Waals surface area (Å²) < 4.78 is 11.7. The Morgan fingerprint density at radius 3 is 2.77 bits per heavy atom. The molecule has 0 radical (unpaired) electrons. The summed E-state index contributed by atoms with van der Waals surface area (Å²) in [5, 5.41) is 5.75. The van der Waals surface area contributed by atoms with Crippen LogP contribution in [0.1, 0.15) is 37.7 Å². The average molecular weight is 430 g/mol. The Kier molecular flexibility index (Phi) is 8.84. The minimum Gasteiger partial charge on any atom is -1.00 e. The van der Waals surface area contributed by atoms with Gasteiger partial charge in [0.2, 0.25) is 0 Å². The molecule has 4 rings (SSSR count). The van der Waals surface area contributed by atoms with Crippen molar-refractivity contribution in [3.8, 4) is 5.75 Å². The van der Waals surface area contributed by atoms with Crippen LogP contribution in [0.15, 0.2) is 52.9 Å². The number of quaternary nitrogens is 1. The third-order valence-electron chi connectivity index (χ3n) is 5.65. The number of unbranched alkanes of at least 4 members (excludes halogenated alkanes) is 3. The SMILES string of the molecule is [Cl-].c1ccc(OCCCCCCc2ccc3nc(NC[C@H]4CC[NH2+]C4)oc3c2)cc1. The molecule has 1 aromatic heterocycles. The molecular formula is C24H32ClN3O2. The maximum Gasteiger partial charge on any atom is 0.295 e. The first-order valence-corrected chi connectivity index (χ1v) is 11.0. The number of fused-ring (bicyclic) bond motifs is 1.